The zero-order chi connectivity index (χ0) is 18.4. The highest BCUT2D eigenvalue weighted by atomic mass is 16.6. The molecule has 7 heteroatoms. The molecule has 2 rings (SSSR count). The molecule has 0 saturated carbocycles. The van der Waals surface area contributed by atoms with E-state index >= 15 is 0 Å². The summed E-state index contributed by atoms with van der Waals surface area (Å²) in [6.45, 7) is 6.72. The molecular weight excluding hydrogens is 308 g/mol. The van der Waals surface area contributed by atoms with Crippen LogP contribution < -0.4 is 19.3 Å². The first-order chi connectivity index (χ1) is 11.4. The summed E-state index contributed by atoms with van der Waals surface area (Å²) < 4.78 is 8.55. The summed E-state index contributed by atoms with van der Waals surface area (Å²) in [7, 11) is 4.09. The van der Waals surface area contributed by atoms with E-state index in [1.54, 1.807) is 0 Å². The fourth-order valence-corrected chi connectivity index (χ4v) is 1.95. The van der Waals surface area contributed by atoms with E-state index in [1.807, 2.05) is 14.1 Å². The predicted octanol–water partition coefficient (Wildman–Crippen LogP) is -0.222. The van der Waals surface area contributed by atoms with Gasteiger partial charge in [-0.1, -0.05) is 26.7 Å². The van der Waals surface area contributed by atoms with Crippen LogP contribution in [0, 0.1) is 0 Å². The molecule has 0 radical (unpaired) electrons. The highest BCUT2D eigenvalue weighted by molar-refractivity contribution is 5.47. The Morgan fingerprint density at radius 2 is 1.21 bits per heavy atom. The largest absolute Gasteiger partial charge is 0.652 e. The average Bonchev–Trinajstić information content (AvgIpc) is 3.11. The number of aryl methyl sites for hydroxylation is 4. The molecular formula is C17H30N4O3. The van der Waals surface area contributed by atoms with Crippen molar-refractivity contribution in [1.82, 2.24) is 9.13 Å². The van der Waals surface area contributed by atoms with Gasteiger partial charge < -0.3 is 15.0 Å². The molecule has 0 atom stereocenters. The lowest BCUT2D eigenvalue weighted by Crippen LogP contribution is -2.37. The molecule has 0 fully saturated rings. The summed E-state index contributed by atoms with van der Waals surface area (Å²) in [6, 6.07) is 0. The number of aromatic nitrogens is 4. The fourth-order valence-electron chi connectivity index (χ4n) is 1.95. The lowest BCUT2D eigenvalue weighted by atomic mass is 10.3. The van der Waals surface area contributed by atoms with Gasteiger partial charge in [-0.3, -0.25) is 0 Å². The molecule has 0 aliphatic heterocycles. The Balaban J connectivity index is 0.000000363. The topological polar surface area (TPSA) is 80.8 Å². The van der Waals surface area contributed by atoms with Crippen molar-refractivity contribution in [2.75, 3.05) is 0 Å². The van der Waals surface area contributed by atoms with Crippen LogP contribution in [0.5, 0.6) is 0 Å². The second-order valence-electron chi connectivity index (χ2n) is 5.59. The van der Waals surface area contributed by atoms with Crippen molar-refractivity contribution in [3.05, 3.63) is 37.4 Å². The van der Waals surface area contributed by atoms with Crippen LogP contribution in [0.25, 0.3) is 0 Å². The van der Waals surface area contributed by atoms with Crippen LogP contribution in [0.3, 0.4) is 0 Å². The Hall–Kier alpha value is -2.31. The maximum Gasteiger partial charge on any atom is 0.243 e. The highest BCUT2D eigenvalue weighted by Crippen LogP contribution is 1.86. The molecule has 24 heavy (non-hydrogen) atoms. The minimum absolute atomic E-state index is 1.15. The normalized spacial score (nSPS) is 9.50. The number of nitrogens with zero attached hydrogens (tertiary/aromatic N) is 4. The van der Waals surface area contributed by atoms with E-state index in [-0.39, 0.29) is 0 Å². The van der Waals surface area contributed by atoms with Gasteiger partial charge in [-0.15, -0.1) is 0 Å². The molecule has 136 valence electrons. The first kappa shape index (κ1) is 21.7. The maximum absolute atomic E-state index is 8.33. The smallest absolute Gasteiger partial charge is 0.243 e. The van der Waals surface area contributed by atoms with Crippen LogP contribution in [0.1, 0.15) is 39.5 Å². The standard InChI is InChI=1S/2C8H15N2.CH2O3/c2*1-3-4-5-10-7-6-9(2)8-10;2-1(3)4/h2*6-8H,3-5H2,1-2H3;(H2,2,3,4)/q2*+1;/p-2. The zero-order valence-corrected chi connectivity index (χ0v) is 15.2. The number of hydrogen-bond donors (Lipinski definition) is 0. The van der Waals surface area contributed by atoms with Gasteiger partial charge in [0.25, 0.3) is 0 Å². The molecule has 2 aromatic rings. The first-order valence-corrected chi connectivity index (χ1v) is 8.29. The van der Waals surface area contributed by atoms with E-state index in [1.165, 1.54) is 25.7 Å². The average molecular weight is 338 g/mol. The quantitative estimate of drug-likeness (QED) is 0.683. The summed E-state index contributed by atoms with van der Waals surface area (Å²) >= 11 is 0. The van der Waals surface area contributed by atoms with Crippen LogP contribution in [-0.4, -0.2) is 15.3 Å². The molecule has 0 spiro atoms. The number of carbonyl (C=O) groups excluding carboxylic acids is 1. The van der Waals surface area contributed by atoms with Gasteiger partial charge in [0.15, 0.2) is 0 Å². The van der Waals surface area contributed by atoms with E-state index in [0.29, 0.717) is 0 Å². The number of carboxylic acid groups (broad SMARTS) is 2. The van der Waals surface area contributed by atoms with Crippen molar-refractivity contribution >= 4 is 6.16 Å². The summed E-state index contributed by atoms with van der Waals surface area (Å²) in [6.07, 6.45) is 15.3. The summed E-state index contributed by atoms with van der Waals surface area (Å²) in [5, 5.41) is 16.7. The molecule has 0 aliphatic carbocycles. The van der Waals surface area contributed by atoms with Gasteiger partial charge >= 0.3 is 0 Å². The Labute approximate surface area is 144 Å². The van der Waals surface area contributed by atoms with Crippen molar-refractivity contribution in [3.8, 4) is 0 Å². The molecule has 0 unspecified atom stereocenters. The molecule has 0 aromatic carbocycles. The van der Waals surface area contributed by atoms with Gasteiger partial charge in [0, 0.05) is 0 Å². The first-order valence-electron chi connectivity index (χ1n) is 8.29. The second kappa shape index (κ2) is 13.2. The van der Waals surface area contributed by atoms with Crippen LogP contribution in [0.15, 0.2) is 37.4 Å². The van der Waals surface area contributed by atoms with Crippen molar-refractivity contribution in [1.29, 1.82) is 0 Å². The van der Waals surface area contributed by atoms with Crippen LogP contribution in [0.4, 0.5) is 4.79 Å². The van der Waals surface area contributed by atoms with E-state index in [4.69, 9.17) is 15.0 Å². The summed E-state index contributed by atoms with van der Waals surface area (Å²) in [5.74, 6) is 0. The molecule has 0 saturated heterocycles. The Bertz CT molecular complexity index is 515. The minimum Gasteiger partial charge on any atom is -0.652 e. The van der Waals surface area contributed by atoms with Gasteiger partial charge in [0.1, 0.15) is 24.8 Å². The zero-order valence-electron chi connectivity index (χ0n) is 15.2. The van der Waals surface area contributed by atoms with Gasteiger partial charge in [0.2, 0.25) is 12.7 Å². The monoisotopic (exact) mass is 338 g/mol. The van der Waals surface area contributed by atoms with Crippen molar-refractivity contribution in [2.45, 2.75) is 52.6 Å². The molecule has 7 nitrogen and oxygen atoms in total. The highest BCUT2D eigenvalue weighted by Gasteiger charge is 1.97. The summed E-state index contributed by atoms with van der Waals surface area (Å²) in [4.78, 5) is 8.33. The third kappa shape index (κ3) is 12.3. The maximum atomic E-state index is 8.33. The number of rotatable bonds is 6. The van der Waals surface area contributed by atoms with E-state index in [0.717, 1.165) is 13.1 Å². The fraction of sp³-hybridized carbons (Fsp3) is 0.588. The predicted molar refractivity (Wildman–Crippen MR) is 86.4 cm³/mol. The molecule has 0 aliphatic rings. The lowest BCUT2D eigenvalue weighted by molar-refractivity contribution is -0.696. The van der Waals surface area contributed by atoms with Crippen LogP contribution in [0.2, 0.25) is 0 Å². The number of imidazole rings is 2. The Morgan fingerprint density at radius 1 is 0.875 bits per heavy atom. The number of unbranched alkanes of at least 4 members (excludes halogenated alkanes) is 2. The van der Waals surface area contributed by atoms with Gasteiger partial charge in [-0.05, 0) is 19.0 Å². The van der Waals surface area contributed by atoms with Crippen LogP contribution >= 0.6 is 0 Å². The van der Waals surface area contributed by atoms with Gasteiger partial charge in [-0.25, -0.2) is 18.3 Å². The van der Waals surface area contributed by atoms with Gasteiger partial charge in [0.05, 0.1) is 27.2 Å². The molecule has 2 aromatic heterocycles. The molecule has 0 bridgehead atoms. The molecule has 2 heterocycles. The molecule has 0 N–H and O–H groups in total. The third-order valence-electron chi connectivity index (χ3n) is 3.19. The summed E-state index contributed by atoms with van der Waals surface area (Å²) in [5.41, 5.74) is 0. The SMILES string of the molecule is CCCC[n+]1ccn(C)c1.CCCC[n+]1ccn(C)c1.O=C([O-])[O-]. The van der Waals surface area contributed by atoms with Crippen molar-refractivity contribution < 1.29 is 24.1 Å². The van der Waals surface area contributed by atoms with E-state index in [9.17, 15) is 0 Å². The van der Waals surface area contributed by atoms with Crippen LogP contribution in [-0.2, 0) is 27.2 Å². The Kier molecular flexibility index (Phi) is 11.9. The van der Waals surface area contributed by atoms with E-state index in [2.05, 4.69) is 69.6 Å². The minimum atomic E-state index is -2.33. The third-order valence-corrected chi connectivity index (χ3v) is 3.19. The van der Waals surface area contributed by atoms with E-state index < -0.39 is 6.16 Å². The Morgan fingerprint density at radius 3 is 1.42 bits per heavy atom. The van der Waals surface area contributed by atoms with Gasteiger partial charge in [-0.2, -0.15) is 0 Å². The molecule has 0 amide bonds. The van der Waals surface area contributed by atoms with Crippen molar-refractivity contribution in [2.24, 2.45) is 14.1 Å². The number of hydrogen-bond acceptors (Lipinski definition) is 3. The van der Waals surface area contributed by atoms with Crippen molar-refractivity contribution in [3.63, 3.8) is 0 Å². The lowest BCUT2D eigenvalue weighted by Gasteiger charge is -1.96. The second-order valence-corrected chi connectivity index (χ2v) is 5.59. The number of carbonyl (C=O) groups is 1.